The van der Waals surface area contributed by atoms with Crippen LogP contribution in [0.25, 0.3) is 0 Å². The number of anilines is 2. The molecule has 0 aliphatic heterocycles. The first-order valence-electron chi connectivity index (χ1n) is 5.97. The Morgan fingerprint density at radius 1 is 1.50 bits per heavy atom. The van der Waals surface area contributed by atoms with E-state index in [1.54, 1.807) is 12.1 Å². The predicted molar refractivity (Wildman–Crippen MR) is 75.0 cm³/mol. The van der Waals surface area contributed by atoms with Crippen molar-refractivity contribution in [3.8, 4) is 0 Å². The largest absolute Gasteiger partial charge is 0.398 e. The Hall–Kier alpha value is -1.26. The Morgan fingerprint density at radius 3 is 2.89 bits per heavy atom. The molecule has 0 aliphatic rings. The van der Waals surface area contributed by atoms with Crippen molar-refractivity contribution < 1.29 is 9.53 Å². The molecule has 100 valence electrons. The average molecular weight is 271 g/mol. The van der Waals surface area contributed by atoms with Crippen LogP contribution in [0.4, 0.5) is 11.4 Å². The standard InChI is InChI=1S/C13H19ClN2O2/c1-3-18-6-4-5-13(17)16-12-8-10(14)11(15)7-9(12)2/h7-8H,3-6,15H2,1-2H3,(H,16,17). The van der Waals surface area contributed by atoms with E-state index in [1.165, 1.54) is 0 Å². The second kappa shape index (κ2) is 7.24. The third-order valence-electron chi connectivity index (χ3n) is 2.51. The van der Waals surface area contributed by atoms with E-state index in [4.69, 9.17) is 22.1 Å². The van der Waals surface area contributed by atoms with Crippen molar-refractivity contribution in [2.45, 2.75) is 26.7 Å². The van der Waals surface area contributed by atoms with Crippen LogP contribution in [-0.2, 0) is 9.53 Å². The number of hydrogen-bond acceptors (Lipinski definition) is 3. The van der Waals surface area contributed by atoms with Crippen molar-refractivity contribution in [1.29, 1.82) is 0 Å². The van der Waals surface area contributed by atoms with Crippen molar-refractivity contribution in [2.75, 3.05) is 24.3 Å². The topological polar surface area (TPSA) is 64.3 Å². The summed E-state index contributed by atoms with van der Waals surface area (Å²) >= 11 is 5.92. The predicted octanol–water partition coefficient (Wildman–Crippen LogP) is 2.99. The Labute approximate surface area is 112 Å². The van der Waals surface area contributed by atoms with Gasteiger partial charge in [0.2, 0.25) is 5.91 Å². The molecule has 4 nitrogen and oxygen atoms in total. The molecule has 0 heterocycles. The molecule has 0 aromatic heterocycles. The number of carbonyl (C=O) groups excluding carboxylic acids is 1. The van der Waals surface area contributed by atoms with Gasteiger partial charge in [0.25, 0.3) is 0 Å². The maximum Gasteiger partial charge on any atom is 0.224 e. The fraction of sp³-hybridized carbons (Fsp3) is 0.462. The van der Waals surface area contributed by atoms with Gasteiger partial charge in [0, 0.05) is 25.3 Å². The minimum Gasteiger partial charge on any atom is -0.398 e. The lowest BCUT2D eigenvalue weighted by Crippen LogP contribution is -2.13. The zero-order chi connectivity index (χ0) is 13.5. The lowest BCUT2D eigenvalue weighted by molar-refractivity contribution is -0.116. The highest BCUT2D eigenvalue weighted by molar-refractivity contribution is 6.33. The third kappa shape index (κ3) is 4.55. The monoisotopic (exact) mass is 270 g/mol. The Bertz CT molecular complexity index is 422. The number of carbonyl (C=O) groups is 1. The number of hydrogen-bond donors (Lipinski definition) is 2. The van der Waals surface area contributed by atoms with Crippen LogP contribution in [0.15, 0.2) is 12.1 Å². The van der Waals surface area contributed by atoms with Gasteiger partial charge in [-0.25, -0.2) is 0 Å². The van der Waals surface area contributed by atoms with Gasteiger partial charge in [-0.3, -0.25) is 4.79 Å². The Kier molecular flexibility index (Phi) is 5.95. The highest BCUT2D eigenvalue weighted by atomic mass is 35.5. The van der Waals surface area contributed by atoms with E-state index in [2.05, 4.69) is 5.32 Å². The van der Waals surface area contributed by atoms with E-state index in [0.29, 0.717) is 42.5 Å². The Balaban J connectivity index is 2.51. The normalized spacial score (nSPS) is 10.4. The molecule has 0 fully saturated rings. The molecule has 1 aromatic carbocycles. The van der Waals surface area contributed by atoms with Crippen LogP contribution in [0.3, 0.4) is 0 Å². The number of nitrogens with one attached hydrogen (secondary N) is 1. The van der Waals surface area contributed by atoms with Crippen molar-refractivity contribution in [3.05, 3.63) is 22.7 Å². The summed E-state index contributed by atoms with van der Waals surface area (Å²) in [5.74, 6) is -0.0429. The van der Waals surface area contributed by atoms with Crippen LogP contribution in [0, 0.1) is 6.92 Å². The highest BCUT2D eigenvalue weighted by Crippen LogP contribution is 2.26. The SMILES string of the molecule is CCOCCCC(=O)Nc1cc(Cl)c(N)cc1C. The van der Waals surface area contributed by atoms with Gasteiger partial charge in [0.05, 0.1) is 10.7 Å². The molecule has 0 aliphatic carbocycles. The number of benzene rings is 1. The minimum atomic E-state index is -0.0429. The summed E-state index contributed by atoms with van der Waals surface area (Å²) in [7, 11) is 0. The maximum absolute atomic E-state index is 11.7. The second-order valence-electron chi connectivity index (χ2n) is 4.04. The zero-order valence-electron chi connectivity index (χ0n) is 10.8. The van der Waals surface area contributed by atoms with E-state index in [1.807, 2.05) is 13.8 Å². The molecular formula is C13H19ClN2O2. The van der Waals surface area contributed by atoms with Gasteiger partial charge >= 0.3 is 0 Å². The average Bonchev–Trinajstić information content (AvgIpc) is 2.32. The van der Waals surface area contributed by atoms with Crippen LogP contribution in [0.2, 0.25) is 5.02 Å². The molecule has 5 heteroatoms. The molecule has 0 saturated heterocycles. The first-order valence-corrected chi connectivity index (χ1v) is 6.35. The zero-order valence-corrected chi connectivity index (χ0v) is 11.5. The van der Waals surface area contributed by atoms with Gasteiger partial charge in [-0.05, 0) is 38.0 Å². The summed E-state index contributed by atoms with van der Waals surface area (Å²) < 4.78 is 5.18. The quantitative estimate of drug-likeness (QED) is 0.617. The van der Waals surface area contributed by atoms with Crippen LogP contribution in [0.1, 0.15) is 25.3 Å². The van der Waals surface area contributed by atoms with Crippen LogP contribution < -0.4 is 11.1 Å². The summed E-state index contributed by atoms with van der Waals surface area (Å²) in [6, 6.07) is 3.42. The van der Waals surface area contributed by atoms with Gasteiger partial charge in [0.15, 0.2) is 0 Å². The molecule has 0 saturated carbocycles. The van der Waals surface area contributed by atoms with Gasteiger partial charge in [-0.2, -0.15) is 0 Å². The number of halogens is 1. The molecule has 1 amide bonds. The number of nitrogen functional groups attached to an aromatic ring is 1. The van der Waals surface area contributed by atoms with E-state index >= 15 is 0 Å². The molecule has 1 aromatic rings. The van der Waals surface area contributed by atoms with E-state index in [-0.39, 0.29) is 5.91 Å². The lowest BCUT2D eigenvalue weighted by Gasteiger charge is -2.10. The van der Waals surface area contributed by atoms with Crippen molar-refractivity contribution in [3.63, 3.8) is 0 Å². The van der Waals surface area contributed by atoms with E-state index in [0.717, 1.165) is 5.56 Å². The van der Waals surface area contributed by atoms with Crippen LogP contribution in [-0.4, -0.2) is 19.1 Å². The lowest BCUT2D eigenvalue weighted by atomic mass is 10.1. The molecule has 0 bridgehead atoms. The smallest absolute Gasteiger partial charge is 0.224 e. The molecule has 0 radical (unpaired) electrons. The fourth-order valence-corrected chi connectivity index (χ4v) is 1.69. The van der Waals surface area contributed by atoms with Gasteiger partial charge in [-0.15, -0.1) is 0 Å². The van der Waals surface area contributed by atoms with Gasteiger partial charge < -0.3 is 15.8 Å². The maximum atomic E-state index is 11.7. The first-order chi connectivity index (χ1) is 8.54. The van der Waals surface area contributed by atoms with Gasteiger partial charge in [-0.1, -0.05) is 11.6 Å². The summed E-state index contributed by atoms with van der Waals surface area (Å²) in [4.78, 5) is 11.7. The molecule has 0 spiro atoms. The summed E-state index contributed by atoms with van der Waals surface area (Å²) in [6.07, 6.45) is 1.14. The summed E-state index contributed by atoms with van der Waals surface area (Å²) in [5, 5.41) is 3.27. The summed E-state index contributed by atoms with van der Waals surface area (Å²) in [6.45, 7) is 5.09. The molecule has 0 unspecified atom stereocenters. The van der Waals surface area contributed by atoms with Crippen LogP contribution in [0.5, 0.6) is 0 Å². The number of amides is 1. The number of aryl methyl sites for hydroxylation is 1. The van der Waals surface area contributed by atoms with Crippen molar-refractivity contribution in [2.24, 2.45) is 0 Å². The number of ether oxygens (including phenoxy) is 1. The molecule has 3 N–H and O–H groups in total. The van der Waals surface area contributed by atoms with Crippen molar-refractivity contribution >= 4 is 28.9 Å². The second-order valence-corrected chi connectivity index (χ2v) is 4.44. The van der Waals surface area contributed by atoms with E-state index in [9.17, 15) is 4.79 Å². The number of nitrogens with two attached hydrogens (primary N) is 1. The fourth-order valence-electron chi connectivity index (χ4n) is 1.53. The van der Waals surface area contributed by atoms with E-state index < -0.39 is 0 Å². The molecule has 18 heavy (non-hydrogen) atoms. The summed E-state index contributed by atoms with van der Waals surface area (Å²) in [5.41, 5.74) is 7.79. The van der Waals surface area contributed by atoms with Crippen LogP contribution >= 0.6 is 11.6 Å². The van der Waals surface area contributed by atoms with Crippen molar-refractivity contribution in [1.82, 2.24) is 0 Å². The third-order valence-corrected chi connectivity index (χ3v) is 2.84. The molecular weight excluding hydrogens is 252 g/mol. The molecule has 1 rings (SSSR count). The van der Waals surface area contributed by atoms with Gasteiger partial charge in [0.1, 0.15) is 0 Å². The highest BCUT2D eigenvalue weighted by Gasteiger charge is 2.07. The minimum absolute atomic E-state index is 0.0429. The molecule has 0 atom stereocenters. The first kappa shape index (κ1) is 14.8. The number of rotatable bonds is 6. The Morgan fingerprint density at radius 2 is 2.22 bits per heavy atom.